The van der Waals surface area contributed by atoms with E-state index in [2.05, 4.69) is 20.8 Å². The first-order valence-corrected chi connectivity index (χ1v) is 9.24. The largest absolute Gasteiger partial charge is 0.497 e. The third-order valence-electron chi connectivity index (χ3n) is 3.82. The van der Waals surface area contributed by atoms with E-state index in [1.165, 1.54) is 10.7 Å². The number of aromatic nitrogens is 4. The van der Waals surface area contributed by atoms with E-state index in [0.717, 1.165) is 11.8 Å². The van der Waals surface area contributed by atoms with Gasteiger partial charge in [-0.25, -0.2) is 4.39 Å². The Hall–Kier alpha value is -3.14. The molecule has 146 valence electrons. The Morgan fingerprint density at radius 2 is 2.04 bits per heavy atom. The average Bonchev–Trinajstić information content (AvgIpc) is 3.19. The van der Waals surface area contributed by atoms with Gasteiger partial charge in [-0.15, -0.1) is 5.10 Å². The van der Waals surface area contributed by atoms with Crippen LogP contribution in [0.2, 0.25) is 0 Å². The number of amides is 1. The summed E-state index contributed by atoms with van der Waals surface area (Å²) in [7, 11) is 3.10. The van der Waals surface area contributed by atoms with Crippen LogP contribution in [0.25, 0.3) is 5.69 Å². The van der Waals surface area contributed by atoms with Gasteiger partial charge >= 0.3 is 0 Å². The second-order valence-corrected chi connectivity index (χ2v) is 6.51. The maximum absolute atomic E-state index is 13.6. The Labute approximate surface area is 165 Å². The molecular weight excluding hydrogens is 385 g/mol. The zero-order valence-corrected chi connectivity index (χ0v) is 16.1. The summed E-state index contributed by atoms with van der Waals surface area (Å²) in [5.74, 6) is 0.620. The average molecular weight is 403 g/mol. The number of benzene rings is 2. The lowest BCUT2D eigenvalue weighted by Gasteiger charge is -2.11. The van der Waals surface area contributed by atoms with Crippen molar-refractivity contribution in [2.75, 3.05) is 20.0 Å². The Morgan fingerprint density at radius 3 is 2.79 bits per heavy atom. The van der Waals surface area contributed by atoms with Crippen molar-refractivity contribution in [2.45, 2.75) is 11.7 Å². The van der Waals surface area contributed by atoms with E-state index in [-0.39, 0.29) is 24.0 Å². The lowest BCUT2D eigenvalue weighted by atomic mass is 10.2. The number of halogens is 1. The van der Waals surface area contributed by atoms with E-state index >= 15 is 0 Å². The molecule has 0 radical (unpaired) electrons. The van der Waals surface area contributed by atoms with E-state index in [1.807, 2.05) is 0 Å². The van der Waals surface area contributed by atoms with Gasteiger partial charge in [-0.05, 0) is 28.6 Å². The van der Waals surface area contributed by atoms with Gasteiger partial charge in [0.2, 0.25) is 11.1 Å². The number of nitrogens with zero attached hydrogens (tertiary/aromatic N) is 4. The van der Waals surface area contributed by atoms with Crippen molar-refractivity contribution in [3.8, 4) is 17.2 Å². The van der Waals surface area contributed by atoms with Crippen molar-refractivity contribution in [3.05, 3.63) is 53.8 Å². The fraction of sp³-hybridized carbons (Fsp3) is 0.222. The van der Waals surface area contributed by atoms with E-state index in [0.29, 0.717) is 27.9 Å². The number of carbonyl (C=O) groups excluding carboxylic acids is 1. The molecule has 0 aliphatic carbocycles. The maximum Gasteiger partial charge on any atom is 0.230 e. The van der Waals surface area contributed by atoms with Crippen LogP contribution in [0.4, 0.5) is 4.39 Å². The summed E-state index contributed by atoms with van der Waals surface area (Å²) in [5, 5.41) is 14.7. The highest BCUT2D eigenvalue weighted by Crippen LogP contribution is 2.29. The van der Waals surface area contributed by atoms with E-state index in [9.17, 15) is 9.18 Å². The molecular formula is C18H18FN5O3S. The van der Waals surface area contributed by atoms with Gasteiger partial charge in [0.25, 0.3) is 0 Å². The summed E-state index contributed by atoms with van der Waals surface area (Å²) in [4.78, 5) is 12.1. The molecule has 1 heterocycles. The molecule has 0 saturated carbocycles. The number of hydrogen-bond donors (Lipinski definition) is 1. The number of nitrogens with one attached hydrogen (secondary N) is 1. The van der Waals surface area contributed by atoms with Crippen molar-refractivity contribution >= 4 is 17.7 Å². The second kappa shape index (κ2) is 9.18. The SMILES string of the molecule is COc1ccc(OC)c(-n2nnnc2SCC(=O)NCc2ccccc2F)c1. The molecule has 0 spiro atoms. The summed E-state index contributed by atoms with van der Waals surface area (Å²) in [6, 6.07) is 11.5. The predicted molar refractivity (Wildman–Crippen MR) is 101 cm³/mol. The quantitative estimate of drug-likeness (QED) is 0.577. The van der Waals surface area contributed by atoms with Crippen molar-refractivity contribution in [1.82, 2.24) is 25.5 Å². The van der Waals surface area contributed by atoms with Gasteiger partial charge in [0, 0.05) is 18.2 Å². The maximum atomic E-state index is 13.6. The van der Waals surface area contributed by atoms with Crippen LogP contribution in [-0.4, -0.2) is 46.1 Å². The van der Waals surface area contributed by atoms with Crippen LogP contribution >= 0.6 is 11.8 Å². The van der Waals surface area contributed by atoms with Gasteiger partial charge in [0.15, 0.2) is 0 Å². The molecule has 0 aliphatic heterocycles. The fourth-order valence-corrected chi connectivity index (χ4v) is 3.11. The minimum atomic E-state index is -0.357. The molecule has 0 saturated heterocycles. The van der Waals surface area contributed by atoms with E-state index in [4.69, 9.17) is 9.47 Å². The van der Waals surface area contributed by atoms with Gasteiger partial charge < -0.3 is 14.8 Å². The molecule has 1 aromatic heterocycles. The topological polar surface area (TPSA) is 91.2 Å². The number of tetrazole rings is 1. The molecule has 10 heteroatoms. The minimum absolute atomic E-state index is 0.0705. The molecule has 1 N–H and O–H groups in total. The van der Waals surface area contributed by atoms with Crippen LogP contribution in [-0.2, 0) is 11.3 Å². The van der Waals surface area contributed by atoms with Crippen LogP contribution < -0.4 is 14.8 Å². The molecule has 0 bridgehead atoms. The Balaban J connectivity index is 1.66. The molecule has 0 unspecified atom stereocenters. The highest BCUT2D eigenvalue weighted by atomic mass is 32.2. The number of carbonyl (C=O) groups is 1. The summed E-state index contributed by atoms with van der Waals surface area (Å²) in [6.07, 6.45) is 0. The zero-order chi connectivity index (χ0) is 19.9. The molecule has 0 fully saturated rings. The molecule has 8 nitrogen and oxygen atoms in total. The van der Waals surface area contributed by atoms with Crippen LogP contribution in [0.1, 0.15) is 5.56 Å². The van der Waals surface area contributed by atoms with Crippen LogP contribution in [0, 0.1) is 5.82 Å². The number of methoxy groups -OCH3 is 2. The molecule has 0 atom stereocenters. The molecule has 2 aromatic carbocycles. The highest BCUT2D eigenvalue weighted by Gasteiger charge is 2.16. The fourth-order valence-electron chi connectivity index (χ4n) is 2.40. The van der Waals surface area contributed by atoms with Crippen LogP contribution in [0.15, 0.2) is 47.6 Å². The third kappa shape index (κ3) is 4.58. The van der Waals surface area contributed by atoms with E-state index < -0.39 is 0 Å². The number of rotatable bonds is 8. The third-order valence-corrected chi connectivity index (χ3v) is 4.74. The molecule has 3 rings (SSSR count). The summed E-state index contributed by atoms with van der Waals surface area (Å²) >= 11 is 1.15. The van der Waals surface area contributed by atoms with Gasteiger partial charge in [0.05, 0.1) is 20.0 Å². The van der Waals surface area contributed by atoms with Crippen molar-refractivity contribution in [1.29, 1.82) is 0 Å². The van der Waals surface area contributed by atoms with Gasteiger partial charge in [-0.3, -0.25) is 4.79 Å². The Bertz CT molecular complexity index is 966. The summed E-state index contributed by atoms with van der Waals surface area (Å²) < 4.78 is 25.7. The van der Waals surface area contributed by atoms with Gasteiger partial charge in [-0.1, -0.05) is 30.0 Å². The molecule has 0 aliphatic rings. The van der Waals surface area contributed by atoms with Crippen LogP contribution in [0.3, 0.4) is 0 Å². The van der Waals surface area contributed by atoms with Gasteiger partial charge in [-0.2, -0.15) is 4.68 Å². The Kier molecular flexibility index (Phi) is 6.43. The zero-order valence-electron chi connectivity index (χ0n) is 15.3. The number of ether oxygens (including phenoxy) is 2. The summed E-state index contributed by atoms with van der Waals surface area (Å²) in [6.45, 7) is 0.112. The Morgan fingerprint density at radius 1 is 1.21 bits per heavy atom. The number of hydrogen-bond acceptors (Lipinski definition) is 7. The monoisotopic (exact) mass is 403 g/mol. The van der Waals surface area contributed by atoms with Crippen molar-refractivity contribution in [2.24, 2.45) is 0 Å². The first-order chi connectivity index (χ1) is 13.6. The number of thioether (sulfide) groups is 1. The predicted octanol–water partition coefficient (Wildman–Crippen LogP) is 2.23. The van der Waals surface area contributed by atoms with E-state index in [1.54, 1.807) is 50.6 Å². The van der Waals surface area contributed by atoms with Crippen molar-refractivity contribution < 1.29 is 18.7 Å². The summed E-state index contributed by atoms with van der Waals surface area (Å²) in [5.41, 5.74) is 1.01. The standard InChI is InChI=1S/C18H18FN5O3S/c1-26-13-7-8-16(27-2)15(9-13)24-18(21-22-23-24)28-11-17(25)20-10-12-5-3-4-6-14(12)19/h3-9H,10-11H2,1-2H3,(H,20,25). The first-order valence-electron chi connectivity index (χ1n) is 8.26. The molecule has 3 aromatic rings. The molecule has 1 amide bonds. The van der Waals surface area contributed by atoms with Gasteiger partial charge in [0.1, 0.15) is 23.0 Å². The molecule has 28 heavy (non-hydrogen) atoms. The highest BCUT2D eigenvalue weighted by molar-refractivity contribution is 7.99. The van der Waals surface area contributed by atoms with Crippen molar-refractivity contribution in [3.63, 3.8) is 0 Å². The first kappa shape index (κ1) is 19.6. The smallest absolute Gasteiger partial charge is 0.230 e. The minimum Gasteiger partial charge on any atom is -0.497 e. The second-order valence-electron chi connectivity index (χ2n) is 5.57. The lowest BCUT2D eigenvalue weighted by molar-refractivity contribution is -0.118. The lowest BCUT2D eigenvalue weighted by Crippen LogP contribution is -2.25. The van der Waals surface area contributed by atoms with Crippen LogP contribution in [0.5, 0.6) is 11.5 Å². The normalized spacial score (nSPS) is 10.5.